The fourth-order valence-corrected chi connectivity index (χ4v) is 3.67. The quantitative estimate of drug-likeness (QED) is 0.450. The van der Waals surface area contributed by atoms with E-state index in [0.717, 1.165) is 16.3 Å². The summed E-state index contributed by atoms with van der Waals surface area (Å²) in [5, 5.41) is 6.61. The van der Waals surface area contributed by atoms with Crippen molar-refractivity contribution >= 4 is 45.6 Å². The van der Waals surface area contributed by atoms with Gasteiger partial charge in [-0.2, -0.15) is 15.0 Å². The summed E-state index contributed by atoms with van der Waals surface area (Å²) in [5.41, 5.74) is 1.74. The number of hydrogen-bond acceptors (Lipinski definition) is 8. The van der Waals surface area contributed by atoms with Crippen LogP contribution in [0.15, 0.2) is 66.9 Å². The van der Waals surface area contributed by atoms with Gasteiger partial charge in [0.2, 0.25) is 17.8 Å². The summed E-state index contributed by atoms with van der Waals surface area (Å²) in [4.78, 5) is 32.6. The second kappa shape index (κ2) is 9.31. The number of para-hydroxylation sites is 2. The highest BCUT2D eigenvalue weighted by Gasteiger charge is 2.13. The van der Waals surface area contributed by atoms with Crippen molar-refractivity contribution in [2.24, 2.45) is 0 Å². The number of amides is 1. The molecule has 4 aromatic rings. The first-order chi connectivity index (χ1) is 15.1. The number of aryl methyl sites for hydroxylation is 1. The first-order valence-electron chi connectivity index (χ1n) is 9.65. The van der Waals surface area contributed by atoms with E-state index in [0.29, 0.717) is 22.9 Å². The van der Waals surface area contributed by atoms with Crippen LogP contribution in [0.4, 0.5) is 28.4 Å². The normalized spacial score (nSPS) is 10.5. The van der Waals surface area contributed by atoms with Crippen LogP contribution in [0.1, 0.15) is 10.7 Å². The van der Waals surface area contributed by atoms with Gasteiger partial charge in [-0.25, -0.2) is 4.98 Å². The number of rotatable bonds is 7. The van der Waals surface area contributed by atoms with Gasteiger partial charge in [0.1, 0.15) is 5.82 Å². The van der Waals surface area contributed by atoms with Crippen LogP contribution in [0.3, 0.4) is 0 Å². The van der Waals surface area contributed by atoms with Crippen LogP contribution in [-0.4, -0.2) is 32.9 Å². The van der Waals surface area contributed by atoms with Crippen LogP contribution >= 0.6 is 11.3 Å². The Bertz CT molecular complexity index is 1160. The van der Waals surface area contributed by atoms with Gasteiger partial charge in [0.05, 0.1) is 6.42 Å². The Kier molecular flexibility index (Phi) is 6.13. The van der Waals surface area contributed by atoms with Gasteiger partial charge in [-0.15, -0.1) is 11.3 Å². The Labute approximate surface area is 184 Å². The molecular weight excluding hydrogens is 410 g/mol. The van der Waals surface area contributed by atoms with Crippen molar-refractivity contribution in [3.63, 3.8) is 0 Å². The average molecular weight is 432 g/mol. The lowest BCUT2D eigenvalue weighted by atomic mass is 10.3. The standard InChI is InChI=1S/C22H21N7OS/c1-15-24-20(27-21(25-15)29(2)17-11-7-4-8-12-17)28-22-23-14-18(31-22)13-19(30)26-16-9-5-3-6-10-16/h3-12,14H,13H2,1-2H3,(H,26,30)(H,23,24,25,27,28). The molecule has 0 saturated heterocycles. The molecular formula is C22H21N7OS. The number of nitrogens with one attached hydrogen (secondary N) is 2. The molecule has 0 fully saturated rings. The molecule has 0 aliphatic rings. The SMILES string of the molecule is Cc1nc(Nc2ncc(CC(=O)Nc3ccccc3)s2)nc(N(C)c2ccccc2)n1. The minimum atomic E-state index is -0.0934. The number of carbonyl (C=O) groups excluding carboxylic acids is 1. The highest BCUT2D eigenvalue weighted by Crippen LogP contribution is 2.24. The number of hydrogen-bond donors (Lipinski definition) is 2. The minimum Gasteiger partial charge on any atom is -0.326 e. The van der Waals surface area contributed by atoms with Gasteiger partial charge in [-0.1, -0.05) is 36.4 Å². The van der Waals surface area contributed by atoms with E-state index in [9.17, 15) is 4.79 Å². The van der Waals surface area contributed by atoms with Gasteiger partial charge in [0, 0.05) is 29.5 Å². The van der Waals surface area contributed by atoms with Gasteiger partial charge >= 0.3 is 0 Å². The minimum absolute atomic E-state index is 0.0934. The second-order valence-electron chi connectivity index (χ2n) is 6.75. The van der Waals surface area contributed by atoms with Gasteiger partial charge < -0.3 is 10.2 Å². The Balaban J connectivity index is 1.43. The van der Waals surface area contributed by atoms with Crippen LogP contribution in [-0.2, 0) is 11.2 Å². The largest absolute Gasteiger partial charge is 0.326 e. The lowest BCUT2D eigenvalue weighted by molar-refractivity contribution is -0.115. The van der Waals surface area contributed by atoms with Crippen LogP contribution < -0.4 is 15.5 Å². The zero-order valence-corrected chi connectivity index (χ0v) is 17.9. The molecule has 2 aromatic heterocycles. The van der Waals surface area contributed by atoms with E-state index >= 15 is 0 Å². The lowest BCUT2D eigenvalue weighted by Crippen LogP contribution is -2.15. The summed E-state index contributed by atoms with van der Waals surface area (Å²) < 4.78 is 0. The predicted molar refractivity (Wildman–Crippen MR) is 123 cm³/mol. The summed E-state index contributed by atoms with van der Waals surface area (Å²) >= 11 is 1.39. The van der Waals surface area contributed by atoms with E-state index in [1.54, 1.807) is 6.20 Å². The third kappa shape index (κ3) is 5.40. The van der Waals surface area contributed by atoms with Crippen molar-refractivity contribution in [1.29, 1.82) is 0 Å². The zero-order chi connectivity index (χ0) is 21.6. The van der Waals surface area contributed by atoms with Crippen LogP contribution in [0.2, 0.25) is 0 Å². The van der Waals surface area contributed by atoms with Crippen LogP contribution in [0.5, 0.6) is 0 Å². The van der Waals surface area contributed by atoms with Crippen molar-refractivity contribution in [2.45, 2.75) is 13.3 Å². The number of anilines is 5. The lowest BCUT2D eigenvalue weighted by Gasteiger charge is -2.17. The topological polar surface area (TPSA) is 95.9 Å². The molecule has 8 nitrogen and oxygen atoms in total. The molecule has 0 radical (unpaired) electrons. The second-order valence-corrected chi connectivity index (χ2v) is 7.86. The van der Waals surface area contributed by atoms with Gasteiger partial charge in [-0.3, -0.25) is 10.1 Å². The highest BCUT2D eigenvalue weighted by atomic mass is 32.1. The van der Waals surface area contributed by atoms with E-state index < -0.39 is 0 Å². The Morgan fingerprint density at radius 1 is 1.00 bits per heavy atom. The van der Waals surface area contributed by atoms with E-state index in [2.05, 4.69) is 30.6 Å². The fraction of sp³-hybridized carbons (Fsp3) is 0.136. The Morgan fingerprint density at radius 2 is 1.71 bits per heavy atom. The summed E-state index contributed by atoms with van der Waals surface area (Å²) in [6.07, 6.45) is 1.93. The molecule has 0 bridgehead atoms. The smallest absolute Gasteiger partial charge is 0.234 e. The molecule has 0 spiro atoms. The molecule has 31 heavy (non-hydrogen) atoms. The maximum Gasteiger partial charge on any atom is 0.234 e. The van der Waals surface area contributed by atoms with E-state index in [1.165, 1.54) is 11.3 Å². The molecule has 9 heteroatoms. The predicted octanol–water partition coefficient (Wildman–Crippen LogP) is 4.33. The fourth-order valence-electron chi connectivity index (χ4n) is 2.87. The molecule has 2 aromatic carbocycles. The van der Waals surface area contributed by atoms with Crippen molar-refractivity contribution in [1.82, 2.24) is 19.9 Å². The Hall–Kier alpha value is -3.85. The number of nitrogens with zero attached hydrogens (tertiary/aromatic N) is 5. The van der Waals surface area contributed by atoms with Crippen molar-refractivity contribution < 1.29 is 4.79 Å². The van der Waals surface area contributed by atoms with Gasteiger partial charge in [0.15, 0.2) is 5.13 Å². The summed E-state index contributed by atoms with van der Waals surface area (Å²) in [6.45, 7) is 1.82. The van der Waals surface area contributed by atoms with Crippen molar-refractivity contribution in [3.8, 4) is 0 Å². The van der Waals surface area contributed by atoms with E-state index in [4.69, 9.17) is 0 Å². The molecule has 156 valence electrons. The average Bonchev–Trinajstić information content (AvgIpc) is 3.20. The molecule has 0 saturated carbocycles. The molecule has 0 aliphatic carbocycles. The first-order valence-corrected chi connectivity index (χ1v) is 10.5. The molecule has 1 amide bonds. The van der Waals surface area contributed by atoms with Gasteiger partial charge in [0.25, 0.3) is 0 Å². The first kappa shape index (κ1) is 20.4. The zero-order valence-electron chi connectivity index (χ0n) is 17.1. The molecule has 2 heterocycles. The number of benzene rings is 2. The maximum atomic E-state index is 12.3. The van der Waals surface area contributed by atoms with Crippen molar-refractivity contribution in [2.75, 3.05) is 22.6 Å². The van der Waals surface area contributed by atoms with E-state index in [1.807, 2.05) is 79.5 Å². The van der Waals surface area contributed by atoms with Crippen LogP contribution in [0.25, 0.3) is 0 Å². The maximum absolute atomic E-state index is 12.3. The molecule has 0 unspecified atom stereocenters. The summed E-state index contributed by atoms with van der Waals surface area (Å²) in [7, 11) is 1.90. The number of carbonyl (C=O) groups is 1. The molecule has 0 aliphatic heterocycles. The van der Waals surface area contributed by atoms with Crippen LogP contribution in [0, 0.1) is 6.92 Å². The third-order valence-corrected chi connectivity index (χ3v) is 5.26. The number of thiazole rings is 1. The number of aromatic nitrogens is 4. The summed E-state index contributed by atoms with van der Waals surface area (Å²) in [5.74, 6) is 1.43. The Morgan fingerprint density at radius 3 is 2.45 bits per heavy atom. The van der Waals surface area contributed by atoms with Crippen molar-refractivity contribution in [3.05, 3.63) is 77.6 Å². The monoisotopic (exact) mass is 431 g/mol. The van der Waals surface area contributed by atoms with Gasteiger partial charge in [-0.05, 0) is 31.2 Å². The molecule has 0 atom stereocenters. The highest BCUT2D eigenvalue weighted by molar-refractivity contribution is 7.15. The third-order valence-electron chi connectivity index (χ3n) is 4.34. The molecule has 4 rings (SSSR count). The van der Waals surface area contributed by atoms with E-state index in [-0.39, 0.29) is 12.3 Å². The molecule has 2 N–H and O–H groups in total. The summed E-state index contributed by atoms with van der Waals surface area (Å²) in [6, 6.07) is 19.2.